The van der Waals surface area contributed by atoms with Gasteiger partial charge in [0.25, 0.3) is 0 Å². The number of fused-ring (bicyclic) bond motifs is 1. The number of aliphatic hydroxyl groups excluding tert-OH is 1. The monoisotopic (exact) mass is 478 g/mol. The molecular weight excluding hydrogens is 459 g/mol. The first-order valence-corrected chi connectivity index (χ1v) is 11.6. The number of β-amino-alcohol motifs (C(OH)–C–C–N with tert-alkyl or cyclic N) is 1. The first kappa shape index (κ1) is 20.8. The SMILES string of the molecule is O=c1scc(O)n1-c1ccc(O[C@H]2c3cc(Cl)cc(Cl)c3C[C@@H]2N2CC[C@@H](O)C2)cc1. The maximum absolute atomic E-state index is 12.0. The van der Waals surface area contributed by atoms with Gasteiger partial charge in [-0.15, -0.1) is 0 Å². The van der Waals surface area contributed by atoms with Gasteiger partial charge in [-0.3, -0.25) is 9.69 Å². The summed E-state index contributed by atoms with van der Waals surface area (Å²) in [5, 5.41) is 22.5. The molecule has 0 radical (unpaired) electrons. The number of aromatic nitrogens is 1. The molecule has 1 aliphatic carbocycles. The third kappa shape index (κ3) is 3.85. The molecule has 1 fully saturated rings. The molecule has 0 saturated carbocycles. The summed E-state index contributed by atoms with van der Waals surface area (Å²) in [6.45, 7) is 1.40. The summed E-state index contributed by atoms with van der Waals surface area (Å²) in [6, 6.07) is 10.7. The van der Waals surface area contributed by atoms with Crippen LogP contribution in [0.3, 0.4) is 0 Å². The van der Waals surface area contributed by atoms with Crippen LogP contribution in [-0.2, 0) is 6.42 Å². The Morgan fingerprint density at radius 2 is 1.94 bits per heavy atom. The Kier molecular flexibility index (Phi) is 5.48. The summed E-state index contributed by atoms with van der Waals surface area (Å²) in [5.41, 5.74) is 2.54. The Balaban J connectivity index is 1.46. The van der Waals surface area contributed by atoms with E-state index in [2.05, 4.69) is 4.90 Å². The minimum atomic E-state index is -0.334. The van der Waals surface area contributed by atoms with Crippen molar-refractivity contribution in [2.45, 2.75) is 31.1 Å². The van der Waals surface area contributed by atoms with Gasteiger partial charge in [-0.25, -0.2) is 4.57 Å². The molecule has 0 bridgehead atoms. The van der Waals surface area contributed by atoms with Crippen LogP contribution in [0.15, 0.2) is 46.6 Å². The standard InChI is InChI=1S/C22H20Cl2N2O4S/c23-12-7-17-16(18(24)8-12)9-19(25-6-5-14(27)10-25)21(17)30-15-3-1-13(2-4-15)26-20(28)11-31-22(26)29/h1-4,7-8,11,14,19,21,27-28H,5-6,9-10H2/t14-,19+,21+/m1/s1. The quantitative estimate of drug-likeness (QED) is 0.592. The Hall–Kier alpha value is -2.03. The van der Waals surface area contributed by atoms with Gasteiger partial charge in [0, 0.05) is 28.7 Å². The number of ether oxygens (including phenoxy) is 1. The van der Waals surface area contributed by atoms with Crippen LogP contribution in [0.4, 0.5) is 0 Å². The summed E-state index contributed by atoms with van der Waals surface area (Å²) in [4.78, 5) is 14.0. The van der Waals surface area contributed by atoms with Crippen molar-refractivity contribution in [3.63, 3.8) is 0 Å². The highest BCUT2D eigenvalue weighted by Gasteiger charge is 2.41. The molecule has 162 valence electrons. The van der Waals surface area contributed by atoms with E-state index in [-0.39, 0.29) is 29.0 Å². The molecule has 1 saturated heterocycles. The van der Waals surface area contributed by atoms with E-state index in [9.17, 15) is 15.0 Å². The van der Waals surface area contributed by atoms with Gasteiger partial charge in [-0.05, 0) is 54.8 Å². The summed E-state index contributed by atoms with van der Waals surface area (Å²) >= 11 is 13.7. The van der Waals surface area contributed by atoms with E-state index in [1.54, 1.807) is 30.3 Å². The van der Waals surface area contributed by atoms with Crippen molar-refractivity contribution in [3.05, 3.63) is 72.6 Å². The number of likely N-dealkylation sites (tertiary alicyclic amines) is 1. The van der Waals surface area contributed by atoms with Crippen molar-refractivity contribution in [2.75, 3.05) is 13.1 Å². The first-order chi connectivity index (χ1) is 14.9. The first-order valence-electron chi connectivity index (χ1n) is 9.97. The van der Waals surface area contributed by atoms with Crippen LogP contribution in [0.25, 0.3) is 5.69 Å². The summed E-state index contributed by atoms with van der Waals surface area (Å²) < 4.78 is 7.66. The van der Waals surface area contributed by atoms with Crippen LogP contribution in [0.1, 0.15) is 23.7 Å². The second-order valence-corrected chi connectivity index (χ2v) is 9.56. The number of rotatable bonds is 4. The van der Waals surface area contributed by atoms with Crippen LogP contribution >= 0.6 is 34.5 Å². The molecule has 6 nitrogen and oxygen atoms in total. The van der Waals surface area contributed by atoms with Gasteiger partial charge < -0.3 is 14.9 Å². The van der Waals surface area contributed by atoms with Crippen molar-refractivity contribution < 1.29 is 14.9 Å². The molecule has 5 rings (SSSR count). The van der Waals surface area contributed by atoms with Crippen LogP contribution in [0.5, 0.6) is 11.6 Å². The molecule has 1 aliphatic heterocycles. The fourth-order valence-electron chi connectivity index (χ4n) is 4.51. The third-order valence-corrected chi connectivity index (χ3v) is 7.23. The second kappa shape index (κ2) is 8.15. The number of hydrogen-bond acceptors (Lipinski definition) is 6. The summed E-state index contributed by atoms with van der Waals surface area (Å²) in [5.74, 6) is 0.538. The van der Waals surface area contributed by atoms with Gasteiger partial charge in [-0.1, -0.05) is 34.5 Å². The number of thiazole rings is 1. The lowest BCUT2D eigenvalue weighted by atomic mass is 10.1. The van der Waals surface area contributed by atoms with E-state index in [1.165, 1.54) is 9.95 Å². The Bertz CT molecular complexity index is 1180. The molecule has 9 heteroatoms. The van der Waals surface area contributed by atoms with E-state index in [0.29, 0.717) is 28.0 Å². The lowest BCUT2D eigenvalue weighted by Crippen LogP contribution is -2.39. The molecule has 0 amide bonds. The van der Waals surface area contributed by atoms with Gasteiger partial charge >= 0.3 is 4.87 Å². The molecule has 0 unspecified atom stereocenters. The lowest BCUT2D eigenvalue weighted by molar-refractivity contribution is 0.0818. The van der Waals surface area contributed by atoms with E-state index in [1.807, 2.05) is 6.07 Å². The highest BCUT2D eigenvalue weighted by Crippen LogP contribution is 2.43. The number of benzene rings is 2. The van der Waals surface area contributed by atoms with Crippen molar-refractivity contribution in [1.29, 1.82) is 0 Å². The average molecular weight is 479 g/mol. The van der Waals surface area contributed by atoms with Gasteiger partial charge in [-0.2, -0.15) is 0 Å². The van der Waals surface area contributed by atoms with Crippen LogP contribution in [0, 0.1) is 0 Å². The van der Waals surface area contributed by atoms with Gasteiger partial charge in [0.1, 0.15) is 11.9 Å². The van der Waals surface area contributed by atoms with Gasteiger partial charge in [0.15, 0.2) is 0 Å². The normalized spacial score (nSPS) is 23.3. The number of nitrogens with zero attached hydrogens (tertiary/aromatic N) is 2. The largest absolute Gasteiger partial charge is 0.494 e. The Morgan fingerprint density at radius 3 is 2.58 bits per heavy atom. The van der Waals surface area contributed by atoms with Crippen molar-refractivity contribution in [2.24, 2.45) is 0 Å². The molecule has 3 atom stereocenters. The van der Waals surface area contributed by atoms with Crippen LogP contribution in [0.2, 0.25) is 10.0 Å². The molecule has 31 heavy (non-hydrogen) atoms. The fraction of sp³-hybridized carbons (Fsp3) is 0.318. The van der Waals surface area contributed by atoms with Crippen molar-refractivity contribution >= 4 is 34.5 Å². The Labute approximate surface area is 192 Å². The zero-order valence-corrected chi connectivity index (χ0v) is 18.7. The highest BCUT2D eigenvalue weighted by atomic mass is 35.5. The predicted molar refractivity (Wildman–Crippen MR) is 121 cm³/mol. The number of aliphatic hydroxyl groups is 1. The topological polar surface area (TPSA) is 74.9 Å². The number of halogens is 2. The molecule has 1 aromatic heterocycles. The van der Waals surface area contributed by atoms with Crippen molar-refractivity contribution in [1.82, 2.24) is 9.47 Å². The van der Waals surface area contributed by atoms with Crippen molar-refractivity contribution in [3.8, 4) is 17.3 Å². The summed E-state index contributed by atoms with van der Waals surface area (Å²) in [7, 11) is 0. The molecular formula is C22H20Cl2N2O4S. The zero-order valence-electron chi connectivity index (χ0n) is 16.4. The van der Waals surface area contributed by atoms with Gasteiger partial charge in [0.2, 0.25) is 5.88 Å². The van der Waals surface area contributed by atoms with E-state index >= 15 is 0 Å². The zero-order chi connectivity index (χ0) is 21.7. The number of aromatic hydroxyl groups is 1. The Morgan fingerprint density at radius 1 is 1.16 bits per heavy atom. The highest BCUT2D eigenvalue weighted by molar-refractivity contribution is 7.07. The molecule has 2 N–H and O–H groups in total. The maximum Gasteiger partial charge on any atom is 0.314 e. The molecule has 2 aliphatic rings. The minimum absolute atomic E-state index is 0.0336. The van der Waals surface area contributed by atoms with Gasteiger partial charge in [0.05, 0.1) is 23.2 Å². The predicted octanol–water partition coefficient (Wildman–Crippen LogP) is 4.02. The molecule has 2 aromatic carbocycles. The average Bonchev–Trinajstić information content (AvgIpc) is 3.41. The smallest absolute Gasteiger partial charge is 0.314 e. The van der Waals surface area contributed by atoms with E-state index in [0.717, 1.165) is 41.9 Å². The second-order valence-electron chi connectivity index (χ2n) is 7.89. The molecule has 2 heterocycles. The fourth-order valence-corrected chi connectivity index (χ4v) is 5.71. The minimum Gasteiger partial charge on any atom is -0.494 e. The lowest BCUT2D eigenvalue weighted by Gasteiger charge is -2.30. The number of hydrogen-bond donors (Lipinski definition) is 2. The third-order valence-electron chi connectivity index (χ3n) is 5.96. The maximum atomic E-state index is 12.0. The van der Waals surface area contributed by atoms with Crippen LogP contribution in [-0.4, -0.2) is 44.9 Å². The van der Waals surface area contributed by atoms with Crippen LogP contribution < -0.4 is 9.61 Å². The molecule has 3 aromatic rings. The molecule has 0 spiro atoms. The van der Waals surface area contributed by atoms with E-state index in [4.69, 9.17) is 27.9 Å². The van der Waals surface area contributed by atoms with E-state index < -0.39 is 0 Å². The summed E-state index contributed by atoms with van der Waals surface area (Å²) in [6.07, 6.45) is 0.833.